The van der Waals surface area contributed by atoms with Gasteiger partial charge in [0.2, 0.25) is 0 Å². The summed E-state index contributed by atoms with van der Waals surface area (Å²) in [5, 5.41) is 13.2. The predicted molar refractivity (Wildman–Crippen MR) is 115 cm³/mol. The topological polar surface area (TPSA) is 84.2 Å². The quantitative estimate of drug-likeness (QED) is 0.501. The van der Waals surface area contributed by atoms with Crippen LogP contribution in [0.2, 0.25) is 0 Å². The van der Waals surface area contributed by atoms with Crippen molar-refractivity contribution in [3.05, 3.63) is 86.8 Å². The molecule has 0 saturated carbocycles. The maximum atomic E-state index is 13.0. The molecule has 4 aromatic rings. The van der Waals surface area contributed by atoms with E-state index in [-0.39, 0.29) is 17.2 Å². The SMILES string of the molecule is Cc1ccc(O)c(NC(=O)c2sc3ncn(Cc4ccccc4)c(=O)c3c2C)c1. The molecule has 0 atom stereocenters. The molecular formula is C22H19N3O3S. The van der Waals surface area contributed by atoms with Gasteiger partial charge in [-0.25, -0.2) is 4.98 Å². The van der Waals surface area contributed by atoms with Crippen molar-refractivity contribution in [1.29, 1.82) is 0 Å². The minimum atomic E-state index is -0.375. The largest absolute Gasteiger partial charge is 0.506 e. The standard InChI is InChI=1S/C22H19N3O3S/c1-13-8-9-17(26)16(10-13)24-20(27)19-14(2)18-21(29-19)23-12-25(22(18)28)11-15-6-4-3-5-7-15/h3-10,12,26H,11H2,1-2H3,(H,24,27). The van der Waals surface area contributed by atoms with Gasteiger partial charge < -0.3 is 10.4 Å². The van der Waals surface area contributed by atoms with Gasteiger partial charge in [-0.05, 0) is 42.7 Å². The van der Waals surface area contributed by atoms with Gasteiger partial charge in [0.05, 0.1) is 28.8 Å². The van der Waals surface area contributed by atoms with E-state index in [0.29, 0.717) is 32.9 Å². The molecule has 2 aromatic heterocycles. The number of nitrogens with one attached hydrogen (secondary N) is 1. The molecule has 0 saturated heterocycles. The number of hydrogen-bond acceptors (Lipinski definition) is 5. The Bertz CT molecular complexity index is 1280. The van der Waals surface area contributed by atoms with Crippen molar-refractivity contribution in [2.45, 2.75) is 20.4 Å². The van der Waals surface area contributed by atoms with Gasteiger partial charge in [-0.2, -0.15) is 0 Å². The molecule has 0 aliphatic heterocycles. The Morgan fingerprint density at radius 3 is 2.69 bits per heavy atom. The average molecular weight is 405 g/mol. The van der Waals surface area contributed by atoms with Crippen molar-refractivity contribution < 1.29 is 9.90 Å². The number of phenols is 1. The Hall–Kier alpha value is -3.45. The summed E-state index contributed by atoms with van der Waals surface area (Å²) >= 11 is 1.17. The molecule has 0 bridgehead atoms. The first-order chi connectivity index (χ1) is 13.9. The molecule has 0 fully saturated rings. The molecule has 7 heteroatoms. The first kappa shape index (κ1) is 18.9. The van der Waals surface area contributed by atoms with Gasteiger partial charge in [-0.1, -0.05) is 36.4 Å². The van der Waals surface area contributed by atoms with Crippen LogP contribution in [0.1, 0.15) is 26.4 Å². The Balaban J connectivity index is 1.70. The number of carbonyl (C=O) groups is 1. The highest BCUT2D eigenvalue weighted by molar-refractivity contribution is 7.20. The van der Waals surface area contributed by atoms with Crippen LogP contribution in [0.3, 0.4) is 0 Å². The lowest BCUT2D eigenvalue weighted by Gasteiger charge is -2.07. The second-order valence-electron chi connectivity index (χ2n) is 6.87. The van der Waals surface area contributed by atoms with E-state index in [0.717, 1.165) is 11.1 Å². The highest BCUT2D eigenvalue weighted by Gasteiger charge is 2.20. The van der Waals surface area contributed by atoms with E-state index in [1.807, 2.05) is 37.3 Å². The van der Waals surface area contributed by atoms with Crippen LogP contribution >= 0.6 is 11.3 Å². The number of thiophene rings is 1. The number of fused-ring (bicyclic) bond motifs is 1. The molecule has 0 radical (unpaired) electrons. The molecule has 2 aromatic carbocycles. The molecule has 0 unspecified atom stereocenters. The molecule has 2 N–H and O–H groups in total. The molecule has 29 heavy (non-hydrogen) atoms. The fourth-order valence-electron chi connectivity index (χ4n) is 3.20. The van der Waals surface area contributed by atoms with Gasteiger partial charge in [0.15, 0.2) is 0 Å². The number of benzene rings is 2. The van der Waals surface area contributed by atoms with Gasteiger partial charge in [-0.3, -0.25) is 14.2 Å². The number of hydrogen-bond donors (Lipinski definition) is 2. The summed E-state index contributed by atoms with van der Waals surface area (Å²) in [4.78, 5) is 31.1. The molecule has 146 valence electrons. The number of nitrogens with zero attached hydrogens (tertiary/aromatic N) is 2. The van der Waals surface area contributed by atoms with Crippen LogP contribution < -0.4 is 10.9 Å². The average Bonchev–Trinajstić information content (AvgIpc) is 3.05. The van der Waals surface area contributed by atoms with Gasteiger partial charge in [0.1, 0.15) is 10.6 Å². The monoisotopic (exact) mass is 405 g/mol. The second kappa shape index (κ2) is 7.52. The summed E-state index contributed by atoms with van der Waals surface area (Å²) in [5.41, 5.74) is 2.66. The van der Waals surface area contributed by atoms with Crippen molar-refractivity contribution in [2.75, 3.05) is 5.32 Å². The maximum Gasteiger partial charge on any atom is 0.266 e. The molecular weight excluding hydrogens is 386 g/mol. The smallest absolute Gasteiger partial charge is 0.266 e. The zero-order valence-electron chi connectivity index (χ0n) is 16.0. The van der Waals surface area contributed by atoms with Crippen LogP contribution in [0.25, 0.3) is 10.2 Å². The van der Waals surface area contributed by atoms with Crippen LogP contribution in [0.4, 0.5) is 5.69 Å². The summed E-state index contributed by atoms with van der Waals surface area (Å²) in [6.45, 7) is 4.04. The Kier molecular flexibility index (Phi) is 4.90. The molecule has 0 aliphatic rings. The lowest BCUT2D eigenvalue weighted by molar-refractivity contribution is 0.102. The highest BCUT2D eigenvalue weighted by Crippen LogP contribution is 2.30. The Morgan fingerprint density at radius 1 is 1.17 bits per heavy atom. The van der Waals surface area contributed by atoms with Crippen molar-refractivity contribution in [3.63, 3.8) is 0 Å². The number of amides is 1. The van der Waals surface area contributed by atoms with Crippen LogP contribution in [0, 0.1) is 13.8 Å². The van der Waals surface area contributed by atoms with Gasteiger partial charge in [0, 0.05) is 0 Å². The number of aromatic hydroxyl groups is 1. The van der Waals surface area contributed by atoms with Gasteiger partial charge >= 0.3 is 0 Å². The molecule has 4 rings (SSSR count). The first-order valence-corrected chi connectivity index (χ1v) is 9.89. The molecule has 1 amide bonds. The van der Waals surface area contributed by atoms with E-state index < -0.39 is 0 Å². The normalized spacial score (nSPS) is 11.0. The summed E-state index contributed by atoms with van der Waals surface area (Å²) in [6.07, 6.45) is 1.52. The van der Waals surface area contributed by atoms with Crippen molar-refractivity contribution in [1.82, 2.24) is 9.55 Å². The van der Waals surface area contributed by atoms with E-state index in [2.05, 4.69) is 10.3 Å². The Labute approximate surface area is 171 Å². The Morgan fingerprint density at radius 2 is 1.93 bits per heavy atom. The van der Waals surface area contributed by atoms with Crippen molar-refractivity contribution in [3.8, 4) is 5.75 Å². The number of anilines is 1. The van der Waals surface area contributed by atoms with Crippen molar-refractivity contribution in [2.24, 2.45) is 0 Å². The number of aryl methyl sites for hydroxylation is 2. The van der Waals surface area contributed by atoms with E-state index >= 15 is 0 Å². The predicted octanol–water partition coefficient (Wildman–Crippen LogP) is 4.08. The summed E-state index contributed by atoms with van der Waals surface area (Å²) in [6, 6.07) is 14.7. The number of rotatable bonds is 4. The van der Waals surface area contributed by atoms with E-state index in [1.165, 1.54) is 23.7 Å². The fraction of sp³-hybridized carbons (Fsp3) is 0.136. The fourth-order valence-corrected chi connectivity index (χ4v) is 4.23. The van der Waals surface area contributed by atoms with Crippen LogP contribution in [-0.2, 0) is 6.54 Å². The summed E-state index contributed by atoms with van der Waals surface area (Å²) in [7, 11) is 0. The lowest BCUT2D eigenvalue weighted by atomic mass is 10.2. The summed E-state index contributed by atoms with van der Waals surface area (Å²) < 4.78 is 1.55. The van der Waals surface area contributed by atoms with Crippen molar-refractivity contribution >= 4 is 33.1 Å². The molecule has 2 heterocycles. The maximum absolute atomic E-state index is 13.0. The third-order valence-corrected chi connectivity index (χ3v) is 5.92. The zero-order valence-corrected chi connectivity index (χ0v) is 16.8. The van der Waals surface area contributed by atoms with E-state index in [1.54, 1.807) is 23.6 Å². The minimum Gasteiger partial charge on any atom is -0.506 e. The number of carbonyl (C=O) groups excluding carboxylic acids is 1. The van der Waals surface area contributed by atoms with Crippen LogP contribution in [0.5, 0.6) is 5.75 Å². The number of phenolic OH excluding ortho intramolecular Hbond substituents is 1. The van der Waals surface area contributed by atoms with Crippen LogP contribution in [-0.4, -0.2) is 20.6 Å². The second-order valence-corrected chi connectivity index (χ2v) is 7.87. The molecule has 6 nitrogen and oxygen atoms in total. The summed E-state index contributed by atoms with van der Waals surface area (Å²) in [5.74, 6) is -0.383. The first-order valence-electron chi connectivity index (χ1n) is 9.07. The third-order valence-electron chi connectivity index (χ3n) is 4.72. The molecule has 0 spiro atoms. The van der Waals surface area contributed by atoms with Gasteiger partial charge in [0.25, 0.3) is 11.5 Å². The third kappa shape index (κ3) is 3.64. The molecule has 0 aliphatic carbocycles. The number of aromatic nitrogens is 2. The lowest BCUT2D eigenvalue weighted by Crippen LogP contribution is -2.21. The van der Waals surface area contributed by atoms with Gasteiger partial charge in [-0.15, -0.1) is 11.3 Å². The van der Waals surface area contributed by atoms with E-state index in [4.69, 9.17) is 0 Å². The zero-order chi connectivity index (χ0) is 20.5. The van der Waals surface area contributed by atoms with Crippen LogP contribution in [0.15, 0.2) is 59.7 Å². The van der Waals surface area contributed by atoms with E-state index in [9.17, 15) is 14.7 Å². The minimum absolute atomic E-state index is 0.00828. The highest BCUT2D eigenvalue weighted by atomic mass is 32.1.